The number of rotatable bonds is 4. The van der Waals surface area contributed by atoms with E-state index in [1.807, 2.05) is 19.1 Å². The Labute approximate surface area is 105 Å². The second-order valence-corrected chi connectivity index (χ2v) is 3.97. The van der Waals surface area contributed by atoms with Crippen LogP contribution in [-0.2, 0) is 6.54 Å². The predicted molar refractivity (Wildman–Crippen MR) is 66.6 cm³/mol. The summed E-state index contributed by atoms with van der Waals surface area (Å²) in [7, 11) is 0. The van der Waals surface area contributed by atoms with Crippen molar-refractivity contribution in [3.05, 3.63) is 47.5 Å². The molecule has 0 saturated carbocycles. The second-order valence-electron chi connectivity index (χ2n) is 3.97. The molecule has 0 bridgehead atoms. The monoisotopic (exact) mass is 245 g/mol. The normalized spacial score (nSPS) is 12.1. The zero-order chi connectivity index (χ0) is 13.0. The number of nitrogens with one attached hydrogen (secondary N) is 2. The van der Waals surface area contributed by atoms with Gasteiger partial charge in [-0.25, -0.2) is 4.98 Å². The number of amides is 1. The summed E-state index contributed by atoms with van der Waals surface area (Å²) in [5.74, 6) is 0.476. The van der Waals surface area contributed by atoms with Crippen LogP contribution in [0.4, 0.5) is 0 Å². The topological polar surface area (TPSA) is 96.7 Å². The van der Waals surface area contributed by atoms with Gasteiger partial charge < -0.3 is 11.1 Å². The Bertz CT molecular complexity index is 506. The van der Waals surface area contributed by atoms with E-state index in [0.29, 0.717) is 17.9 Å². The zero-order valence-corrected chi connectivity index (χ0v) is 10.1. The minimum absolute atomic E-state index is 0.150. The third-order valence-corrected chi connectivity index (χ3v) is 2.64. The lowest BCUT2D eigenvalue weighted by atomic mass is 10.1. The molecule has 1 amide bonds. The molecule has 0 spiro atoms. The van der Waals surface area contributed by atoms with Crippen LogP contribution in [0, 0.1) is 0 Å². The van der Waals surface area contributed by atoms with E-state index < -0.39 is 0 Å². The van der Waals surface area contributed by atoms with Crippen LogP contribution in [0.1, 0.15) is 34.7 Å². The van der Waals surface area contributed by atoms with Crippen LogP contribution in [0.3, 0.4) is 0 Å². The van der Waals surface area contributed by atoms with Crippen molar-refractivity contribution in [1.82, 2.24) is 20.5 Å². The Morgan fingerprint density at radius 2 is 2.17 bits per heavy atom. The molecule has 1 atom stereocenters. The van der Waals surface area contributed by atoms with Crippen molar-refractivity contribution in [2.75, 3.05) is 0 Å². The van der Waals surface area contributed by atoms with Crippen molar-refractivity contribution in [3.8, 4) is 0 Å². The SMILES string of the molecule is CC(NC(=O)c1ccc(CN)cc1)c1ncn[nH]1. The number of nitrogens with zero attached hydrogens (tertiary/aromatic N) is 2. The van der Waals surface area contributed by atoms with E-state index in [1.54, 1.807) is 12.1 Å². The Morgan fingerprint density at radius 1 is 1.44 bits per heavy atom. The van der Waals surface area contributed by atoms with Crippen LogP contribution in [0.15, 0.2) is 30.6 Å². The fraction of sp³-hybridized carbons (Fsp3) is 0.250. The van der Waals surface area contributed by atoms with Crippen molar-refractivity contribution in [2.24, 2.45) is 5.73 Å². The number of benzene rings is 1. The summed E-state index contributed by atoms with van der Waals surface area (Å²) in [6.07, 6.45) is 1.41. The van der Waals surface area contributed by atoms with Gasteiger partial charge in [0.05, 0.1) is 6.04 Å². The number of H-pyrrole nitrogens is 1. The lowest BCUT2D eigenvalue weighted by Crippen LogP contribution is -2.27. The summed E-state index contributed by atoms with van der Waals surface area (Å²) in [6.45, 7) is 2.31. The van der Waals surface area contributed by atoms with Crippen LogP contribution < -0.4 is 11.1 Å². The van der Waals surface area contributed by atoms with Gasteiger partial charge in [0.15, 0.2) is 0 Å². The Morgan fingerprint density at radius 3 is 2.72 bits per heavy atom. The third-order valence-electron chi connectivity index (χ3n) is 2.64. The Kier molecular flexibility index (Phi) is 3.69. The largest absolute Gasteiger partial charge is 0.342 e. The molecule has 0 aliphatic rings. The smallest absolute Gasteiger partial charge is 0.251 e. The molecule has 2 aromatic rings. The van der Waals surface area contributed by atoms with Gasteiger partial charge in [0.1, 0.15) is 12.2 Å². The lowest BCUT2D eigenvalue weighted by Gasteiger charge is -2.11. The van der Waals surface area contributed by atoms with E-state index in [9.17, 15) is 4.79 Å². The first-order chi connectivity index (χ1) is 8.70. The minimum atomic E-state index is -0.214. The second kappa shape index (κ2) is 5.42. The molecule has 0 radical (unpaired) electrons. The maximum atomic E-state index is 11.9. The summed E-state index contributed by atoms with van der Waals surface area (Å²) in [5.41, 5.74) is 7.09. The van der Waals surface area contributed by atoms with Crippen molar-refractivity contribution >= 4 is 5.91 Å². The van der Waals surface area contributed by atoms with E-state index in [1.165, 1.54) is 6.33 Å². The predicted octanol–water partition coefficient (Wildman–Crippen LogP) is 0.754. The maximum absolute atomic E-state index is 11.9. The number of aromatic nitrogens is 3. The van der Waals surface area contributed by atoms with Gasteiger partial charge in [-0.05, 0) is 24.6 Å². The van der Waals surface area contributed by atoms with Crippen molar-refractivity contribution in [2.45, 2.75) is 19.5 Å². The first-order valence-corrected chi connectivity index (χ1v) is 5.66. The maximum Gasteiger partial charge on any atom is 0.251 e. The molecule has 0 aliphatic heterocycles. The van der Waals surface area contributed by atoms with Gasteiger partial charge in [-0.15, -0.1) is 0 Å². The average Bonchev–Trinajstić information content (AvgIpc) is 2.92. The number of aromatic amines is 1. The fourth-order valence-electron chi connectivity index (χ4n) is 1.56. The molecular formula is C12H15N5O. The highest BCUT2D eigenvalue weighted by atomic mass is 16.1. The van der Waals surface area contributed by atoms with Crippen molar-refractivity contribution in [3.63, 3.8) is 0 Å². The summed E-state index contributed by atoms with van der Waals surface area (Å²) in [4.78, 5) is 15.9. The van der Waals surface area contributed by atoms with E-state index in [4.69, 9.17) is 5.73 Å². The third kappa shape index (κ3) is 2.72. The molecule has 1 aromatic heterocycles. The molecule has 1 unspecified atom stereocenters. The van der Waals surface area contributed by atoms with Gasteiger partial charge in [-0.2, -0.15) is 5.10 Å². The molecule has 4 N–H and O–H groups in total. The van der Waals surface area contributed by atoms with Gasteiger partial charge in [0.2, 0.25) is 0 Å². The first-order valence-electron chi connectivity index (χ1n) is 5.66. The Hall–Kier alpha value is -2.21. The van der Waals surface area contributed by atoms with E-state index in [-0.39, 0.29) is 11.9 Å². The lowest BCUT2D eigenvalue weighted by molar-refractivity contribution is 0.0938. The highest BCUT2D eigenvalue weighted by Gasteiger charge is 2.13. The highest BCUT2D eigenvalue weighted by Crippen LogP contribution is 2.08. The molecule has 1 aromatic carbocycles. The summed E-state index contributed by atoms with van der Waals surface area (Å²) < 4.78 is 0. The molecule has 0 aliphatic carbocycles. The van der Waals surface area contributed by atoms with Gasteiger partial charge >= 0.3 is 0 Å². The molecule has 94 valence electrons. The van der Waals surface area contributed by atoms with E-state index in [2.05, 4.69) is 20.5 Å². The van der Waals surface area contributed by atoms with Crippen molar-refractivity contribution < 1.29 is 4.79 Å². The van der Waals surface area contributed by atoms with Crippen LogP contribution in [-0.4, -0.2) is 21.1 Å². The molecule has 6 nitrogen and oxygen atoms in total. The Balaban J connectivity index is 2.03. The van der Waals surface area contributed by atoms with Crippen LogP contribution in [0.25, 0.3) is 0 Å². The molecule has 6 heteroatoms. The average molecular weight is 245 g/mol. The number of carbonyl (C=O) groups excluding carboxylic acids is 1. The summed E-state index contributed by atoms with van der Waals surface area (Å²) >= 11 is 0. The van der Waals surface area contributed by atoms with Crippen LogP contribution in [0.5, 0.6) is 0 Å². The van der Waals surface area contributed by atoms with Gasteiger partial charge in [0, 0.05) is 12.1 Å². The number of hydrogen-bond acceptors (Lipinski definition) is 4. The van der Waals surface area contributed by atoms with Crippen LogP contribution >= 0.6 is 0 Å². The van der Waals surface area contributed by atoms with Gasteiger partial charge in [-0.1, -0.05) is 12.1 Å². The molecular weight excluding hydrogens is 230 g/mol. The minimum Gasteiger partial charge on any atom is -0.342 e. The molecule has 0 saturated heterocycles. The fourth-order valence-corrected chi connectivity index (χ4v) is 1.56. The van der Waals surface area contributed by atoms with Crippen molar-refractivity contribution in [1.29, 1.82) is 0 Å². The quantitative estimate of drug-likeness (QED) is 0.740. The standard InChI is InChI=1S/C12H15N5O/c1-8(11-14-7-15-17-11)16-12(18)10-4-2-9(6-13)3-5-10/h2-5,7-8H,6,13H2,1H3,(H,16,18)(H,14,15,17). The summed E-state index contributed by atoms with van der Waals surface area (Å²) in [6, 6.07) is 6.98. The van der Waals surface area contributed by atoms with Crippen LogP contribution in [0.2, 0.25) is 0 Å². The number of hydrogen-bond donors (Lipinski definition) is 3. The first kappa shape index (κ1) is 12.3. The van der Waals surface area contributed by atoms with E-state index in [0.717, 1.165) is 5.56 Å². The van der Waals surface area contributed by atoms with Gasteiger partial charge in [-0.3, -0.25) is 9.89 Å². The zero-order valence-electron chi connectivity index (χ0n) is 10.1. The van der Waals surface area contributed by atoms with Gasteiger partial charge in [0.25, 0.3) is 5.91 Å². The summed E-state index contributed by atoms with van der Waals surface area (Å²) in [5, 5.41) is 9.30. The van der Waals surface area contributed by atoms with E-state index >= 15 is 0 Å². The molecule has 18 heavy (non-hydrogen) atoms. The number of carbonyl (C=O) groups is 1. The molecule has 0 fully saturated rings. The molecule has 2 rings (SSSR count). The number of nitrogens with two attached hydrogens (primary N) is 1. The molecule has 1 heterocycles. The highest BCUT2D eigenvalue weighted by molar-refractivity contribution is 5.94.